The van der Waals surface area contributed by atoms with Crippen molar-refractivity contribution in [2.45, 2.75) is 12.1 Å². The first-order valence-electron chi connectivity index (χ1n) is 3.98. The van der Waals surface area contributed by atoms with Gasteiger partial charge in [0.05, 0.1) is 6.61 Å². The number of aromatic nitrogens is 3. The van der Waals surface area contributed by atoms with Gasteiger partial charge in [-0.2, -0.15) is 0 Å². The topological polar surface area (TPSA) is 111 Å². The number of carbonyl (C=O) groups is 1. The van der Waals surface area contributed by atoms with E-state index in [9.17, 15) is 14.9 Å². The predicted molar refractivity (Wildman–Crippen MR) is 50.4 cm³/mol. The molecule has 0 unspecified atom stereocenters. The molecule has 1 N–H and O–H groups in total. The van der Waals surface area contributed by atoms with E-state index in [1.807, 2.05) is 0 Å². The molecule has 0 aliphatic rings. The first-order chi connectivity index (χ1) is 7.13. The maximum absolute atomic E-state index is 10.9. The van der Waals surface area contributed by atoms with Crippen molar-refractivity contribution < 1.29 is 14.5 Å². The molecule has 0 amide bonds. The smallest absolute Gasteiger partial charge is 0.454 e. The van der Waals surface area contributed by atoms with Crippen LogP contribution < -0.4 is 0 Å². The van der Waals surface area contributed by atoms with Crippen LogP contribution in [0.3, 0.4) is 0 Å². The molecule has 0 bridgehead atoms. The van der Waals surface area contributed by atoms with Crippen molar-refractivity contribution in [2.24, 2.45) is 0 Å². The fourth-order valence-electron chi connectivity index (χ4n) is 0.711. The molecule has 0 saturated heterocycles. The molecule has 1 heterocycles. The minimum absolute atomic E-state index is 0.0306. The van der Waals surface area contributed by atoms with Crippen LogP contribution in [0.15, 0.2) is 5.16 Å². The molecule has 0 aromatic carbocycles. The van der Waals surface area contributed by atoms with Gasteiger partial charge in [0.25, 0.3) is 5.16 Å². The van der Waals surface area contributed by atoms with E-state index in [4.69, 9.17) is 0 Å². The Morgan fingerprint density at radius 2 is 2.47 bits per heavy atom. The van der Waals surface area contributed by atoms with Crippen molar-refractivity contribution >= 4 is 23.7 Å². The number of H-pyrrole nitrogens is 1. The van der Waals surface area contributed by atoms with Gasteiger partial charge >= 0.3 is 11.9 Å². The lowest BCUT2D eigenvalue weighted by Crippen LogP contribution is -2.06. The summed E-state index contributed by atoms with van der Waals surface area (Å²) >= 11 is 0.974. The monoisotopic (exact) mass is 232 g/mol. The van der Waals surface area contributed by atoms with E-state index >= 15 is 0 Å². The molecule has 15 heavy (non-hydrogen) atoms. The Kier molecular flexibility index (Phi) is 4.03. The predicted octanol–water partition coefficient (Wildman–Crippen LogP) is 0.368. The molecule has 1 aromatic heterocycles. The lowest BCUT2D eigenvalue weighted by Gasteiger charge is -1.96. The van der Waals surface area contributed by atoms with Gasteiger partial charge < -0.3 is 14.9 Å². The highest BCUT2D eigenvalue weighted by Crippen LogP contribution is 2.14. The highest BCUT2D eigenvalue weighted by Gasteiger charge is 2.15. The summed E-state index contributed by atoms with van der Waals surface area (Å²) in [6, 6.07) is 0. The Labute approximate surface area is 88.6 Å². The fourth-order valence-corrected chi connectivity index (χ4v) is 1.30. The first-order valence-corrected chi connectivity index (χ1v) is 4.97. The van der Waals surface area contributed by atoms with Crippen molar-refractivity contribution in [2.75, 3.05) is 12.4 Å². The van der Waals surface area contributed by atoms with E-state index in [1.54, 1.807) is 6.92 Å². The molecule has 1 rings (SSSR count). The average Bonchev–Trinajstić information content (AvgIpc) is 2.63. The summed E-state index contributed by atoms with van der Waals surface area (Å²) in [5, 5.41) is 16.0. The van der Waals surface area contributed by atoms with E-state index in [-0.39, 0.29) is 10.9 Å². The van der Waals surface area contributed by atoms with Gasteiger partial charge in [-0.3, -0.25) is 4.79 Å². The average molecular weight is 232 g/mol. The number of nitrogens with zero attached hydrogens (tertiary/aromatic N) is 3. The van der Waals surface area contributed by atoms with Crippen LogP contribution in [0, 0.1) is 10.1 Å². The van der Waals surface area contributed by atoms with Gasteiger partial charge in [0.1, 0.15) is 5.75 Å². The molecular formula is C6H8N4O4S. The summed E-state index contributed by atoms with van der Waals surface area (Å²) < 4.78 is 4.66. The number of nitro groups is 1. The number of esters is 1. The van der Waals surface area contributed by atoms with Crippen LogP contribution in [-0.2, 0) is 9.53 Å². The normalized spacial score (nSPS) is 9.93. The molecule has 82 valence electrons. The SMILES string of the molecule is CCOC(=O)CSc1n[nH]c([N+](=O)[O-])n1. The third-order valence-corrected chi connectivity index (χ3v) is 2.07. The van der Waals surface area contributed by atoms with Crippen molar-refractivity contribution in [3.05, 3.63) is 10.1 Å². The van der Waals surface area contributed by atoms with Crippen LogP contribution in [-0.4, -0.2) is 38.4 Å². The lowest BCUT2D eigenvalue weighted by molar-refractivity contribution is -0.394. The van der Waals surface area contributed by atoms with Gasteiger partial charge in [-0.05, 0) is 16.8 Å². The second-order valence-electron chi connectivity index (χ2n) is 2.29. The standard InChI is InChI=1S/C6H8N4O4S/c1-2-14-4(11)3-15-6-7-5(8-9-6)10(12)13/h2-3H2,1H3,(H,7,8,9). The number of aromatic amines is 1. The molecule has 0 fully saturated rings. The minimum Gasteiger partial charge on any atom is -0.465 e. The third kappa shape index (κ3) is 3.54. The van der Waals surface area contributed by atoms with Crippen LogP contribution in [0.2, 0.25) is 0 Å². The summed E-state index contributed by atoms with van der Waals surface area (Å²) in [6.45, 7) is 1.99. The summed E-state index contributed by atoms with van der Waals surface area (Å²) in [5.74, 6) is -0.820. The molecule has 1 aromatic rings. The third-order valence-electron chi connectivity index (χ3n) is 1.25. The first kappa shape index (κ1) is 11.4. The highest BCUT2D eigenvalue weighted by molar-refractivity contribution is 7.99. The van der Waals surface area contributed by atoms with Gasteiger partial charge in [-0.15, -0.1) is 5.10 Å². The summed E-state index contributed by atoms with van der Waals surface area (Å²) in [6.07, 6.45) is 0. The summed E-state index contributed by atoms with van der Waals surface area (Å²) in [7, 11) is 0. The van der Waals surface area contributed by atoms with Gasteiger partial charge in [0.2, 0.25) is 0 Å². The number of carbonyl (C=O) groups excluding carboxylic acids is 1. The number of rotatable bonds is 5. The number of hydrogen-bond acceptors (Lipinski definition) is 7. The van der Waals surface area contributed by atoms with E-state index in [2.05, 4.69) is 19.9 Å². The second kappa shape index (κ2) is 5.29. The Bertz CT molecular complexity index is 366. The Balaban J connectivity index is 2.44. The quantitative estimate of drug-likeness (QED) is 0.338. The Morgan fingerprint density at radius 3 is 3.00 bits per heavy atom. The number of ether oxygens (including phenoxy) is 1. The zero-order valence-electron chi connectivity index (χ0n) is 7.80. The molecule has 8 nitrogen and oxygen atoms in total. The largest absolute Gasteiger partial charge is 0.465 e. The van der Waals surface area contributed by atoms with Gasteiger partial charge in [-0.25, -0.2) is 0 Å². The van der Waals surface area contributed by atoms with E-state index < -0.39 is 16.8 Å². The van der Waals surface area contributed by atoms with Crippen LogP contribution in [0.25, 0.3) is 0 Å². The fraction of sp³-hybridized carbons (Fsp3) is 0.500. The highest BCUT2D eigenvalue weighted by atomic mass is 32.2. The molecule has 9 heteroatoms. The van der Waals surface area contributed by atoms with Crippen LogP contribution in [0.4, 0.5) is 5.95 Å². The van der Waals surface area contributed by atoms with Crippen molar-refractivity contribution in [3.8, 4) is 0 Å². The van der Waals surface area contributed by atoms with Crippen molar-refractivity contribution in [1.82, 2.24) is 15.2 Å². The molecule has 0 spiro atoms. The molecule has 0 radical (unpaired) electrons. The van der Waals surface area contributed by atoms with Gasteiger partial charge in [0, 0.05) is 0 Å². The van der Waals surface area contributed by atoms with Crippen molar-refractivity contribution in [3.63, 3.8) is 0 Å². The Hall–Kier alpha value is -1.64. The van der Waals surface area contributed by atoms with E-state index in [0.717, 1.165) is 11.8 Å². The number of hydrogen-bond donors (Lipinski definition) is 1. The maximum atomic E-state index is 10.9. The number of nitrogens with one attached hydrogen (secondary N) is 1. The molecular weight excluding hydrogens is 224 g/mol. The van der Waals surface area contributed by atoms with Gasteiger partial charge in [-0.1, -0.05) is 16.9 Å². The van der Waals surface area contributed by atoms with Crippen LogP contribution in [0.5, 0.6) is 0 Å². The molecule has 0 atom stereocenters. The van der Waals surface area contributed by atoms with Crippen LogP contribution >= 0.6 is 11.8 Å². The molecule has 0 aliphatic carbocycles. The maximum Gasteiger partial charge on any atom is 0.454 e. The molecule has 0 aliphatic heterocycles. The zero-order chi connectivity index (χ0) is 11.3. The summed E-state index contributed by atoms with van der Waals surface area (Å²) in [5.41, 5.74) is 0. The lowest BCUT2D eigenvalue weighted by atomic mass is 10.8. The zero-order valence-corrected chi connectivity index (χ0v) is 8.61. The van der Waals surface area contributed by atoms with E-state index in [1.165, 1.54) is 0 Å². The molecule has 0 saturated carbocycles. The second-order valence-corrected chi connectivity index (χ2v) is 3.23. The number of thioether (sulfide) groups is 1. The van der Waals surface area contributed by atoms with Crippen LogP contribution in [0.1, 0.15) is 6.92 Å². The Morgan fingerprint density at radius 1 is 1.73 bits per heavy atom. The summed E-state index contributed by atoms with van der Waals surface area (Å²) in [4.78, 5) is 24.0. The van der Waals surface area contributed by atoms with Gasteiger partial charge in [0.15, 0.2) is 0 Å². The minimum atomic E-state index is -0.693. The van der Waals surface area contributed by atoms with E-state index in [0.29, 0.717) is 6.61 Å². The van der Waals surface area contributed by atoms with Crippen molar-refractivity contribution in [1.29, 1.82) is 0 Å².